The Morgan fingerprint density at radius 2 is 2.45 bits per heavy atom. The normalized spacial score (nSPS) is 21.6. The first kappa shape index (κ1) is 4.07. The van der Waals surface area contributed by atoms with E-state index < -0.39 is 11.9 Å². The van der Waals surface area contributed by atoms with Crippen LogP contribution in [0.25, 0.3) is 0 Å². The molecule has 58 valence electrons. The lowest BCUT2D eigenvalue weighted by Crippen LogP contribution is -2.24. The van der Waals surface area contributed by atoms with Crippen molar-refractivity contribution in [2.75, 3.05) is 13.2 Å². The Balaban J connectivity index is 2.52. The molecule has 0 aromatic carbocycles. The molecule has 1 saturated heterocycles. The van der Waals surface area contributed by atoms with Gasteiger partial charge in [0.25, 0.3) is 0 Å². The molecule has 1 fully saturated rings. The van der Waals surface area contributed by atoms with Crippen molar-refractivity contribution in [2.24, 2.45) is 0 Å². The Morgan fingerprint density at radius 1 is 1.64 bits per heavy atom. The highest BCUT2D eigenvalue weighted by molar-refractivity contribution is 5.26. The standard InChI is InChI=1S/C8H9NO2/c10-8-1-6(2-9-3-8)7-4-11-5-7/h1-3,7,10H,4-5H2/i1D,2D,3D. The minimum absolute atomic E-state index is 0.0333. The average molecular weight is 154 g/mol. The summed E-state index contributed by atoms with van der Waals surface area (Å²) in [6.07, 6.45) is -0.518. The van der Waals surface area contributed by atoms with E-state index in [0.717, 1.165) is 0 Å². The smallest absolute Gasteiger partial charge is 0.134 e. The summed E-state index contributed by atoms with van der Waals surface area (Å²) < 4.78 is 27.2. The zero-order chi connectivity index (χ0) is 10.3. The van der Waals surface area contributed by atoms with E-state index in [-0.39, 0.29) is 18.1 Å². The Morgan fingerprint density at radius 3 is 3.09 bits per heavy atom. The van der Waals surface area contributed by atoms with Crippen molar-refractivity contribution in [2.45, 2.75) is 5.92 Å². The molecule has 0 amide bonds. The summed E-state index contributed by atoms with van der Waals surface area (Å²) in [6.45, 7) is 0.909. The van der Waals surface area contributed by atoms with Gasteiger partial charge in [-0.1, -0.05) is 0 Å². The van der Waals surface area contributed by atoms with Gasteiger partial charge in [-0.25, -0.2) is 0 Å². The van der Waals surface area contributed by atoms with Crippen molar-refractivity contribution >= 4 is 0 Å². The molecule has 2 heterocycles. The van der Waals surface area contributed by atoms with Gasteiger partial charge in [-0.15, -0.1) is 0 Å². The van der Waals surface area contributed by atoms with E-state index in [1.54, 1.807) is 0 Å². The molecule has 1 aliphatic heterocycles. The topological polar surface area (TPSA) is 42.4 Å². The van der Waals surface area contributed by atoms with Gasteiger partial charge in [-0.05, 0) is 11.6 Å². The third kappa shape index (κ3) is 1.19. The van der Waals surface area contributed by atoms with Gasteiger partial charge in [0.05, 0.1) is 23.5 Å². The fourth-order valence-corrected chi connectivity index (χ4v) is 0.920. The molecule has 2 rings (SSSR count). The first-order valence-electron chi connectivity index (χ1n) is 4.85. The van der Waals surface area contributed by atoms with Gasteiger partial charge in [-0.2, -0.15) is 0 Å². The second-order valence-electron chi connectivity index (χ2n) is 2.46. The van der Waals surface area contributed by atoms with Crippen LogP contribution in [-0.4, -0.2) is 23.3 Å². The van der Waals surface area contributed by atoms with Gasteiger partial charge in [-0.3, -0.25) is 4.98 Å². The van der Waals surface area contributed by atoms with Crippen molar-refractivity contribution in [1.29, 1.82) is 0 Å². The Labute approximate surface area is 68.9 Å². The van der Waals surface area contributed by atoms with Crippen LogP contribution >= 0.6 is 0 Å². The van der Waals surface area contributed by atoms with Crippen LogP contribution in [0.2, 0.25) is 0 Å². The lowest BCUT2D eigenvalue weighted by molar-refractivity contribution is 0.00822. The number of pyridine rings is 1. The Bertz CT molecular complexity index is 379. The monoisotopic (exact) mass is 154 g/mol. The van der Waals surface area contributed by atoms with E-state index >= 15 is 0 Å². The lowest BCUT2D eigenvalue weighted by atomic mass is 10.00. The summed E-state index contributed by atoms with van der Waals surface area (Å²) >= 11 is 0. The van der Waals surface area contributed by atoms with Gasteiger partial charge in [0.1, 0.15) is 5.75 Å². The molecule has 1 aromatic rings. The molecular formula is C8H9NO2. The van der Waals surface area contributed by atoms with Gasteiger partial charge in [0.15, 0.2) is 0 Å². The van der Waals surface area contributed by atoms with E-state index in [1.165, 1.54) is 0 Å². The fraction of sp³-hybridized carbons (Fsp3) is 0.375. The molecule has 3 nitrogen and oxygen atoms in total. The molecule has 3 heteroatoms. The maximum absolute atomic E-state index is 9.32. The molecule has 0 saturated carbocycles. The number of ether oxygens (including phenoxy) is 1. The zero-order valence-electron chi connectivity index (χ0n) is 8.79. The van der Waals surface area contributed by atoms with Crippen LogP contribution in [0.3, 0.4) is 0 Å². The fourth-order valence-electron chi connectivity index (χ4n) is 0.920. The van der Waals surface area contributed by atoms with Crippen molar-refractivity contribution in [3.8, 4) is 5.75 Å². The second-order valence-corrected chi connectivity index (χ2v) is 2.46. The van der Waals surface area contributed by atoms with E-state index in [4.69, 9.17) is 8.85 Å². The first-order valence-corrected chi connectivity index (χ1v) is 3.35. The summed E-state index contributed by atoms with van der Waals surface area (Å²) in [6, 6.07) is -0.164. The number of rotatable bonds is 1. The first-order chi connectivity index (χ1) is 6.61. The van der Waals surface area contributed by atoms with Gasteiger partial charge < -0.3 is 9.84 Å². The van der Waals surface area contributed by atoms with E-state index in [9.17, 15) is 5.11 Å². The highest BCUT2D eigenvalue weighted by atomic mass is 16.5. The van der Waals surface area contributed by atoms with Crippen LogP contribution in [-0.2, 0) is 4.74 Å². The maximum Gasteiger partial charge on any atom is 0.134 e. The quantitative estimate of drug-likeness (QED) is 0.653. The lowest BCUT2D eigenvalue weighted by Gasteiger charge is -2.25. The molecule has 1 aliphatic rings. The summed E-state index contributed by atoms with van der Waals surface area (Å²) in [4.78, 5) is 3.54. The largest absolute Gasteiger partial charge is 0.506 e. The average Bonchev–Trinajstić information content (AvgIpc) is 2.05. The van der Waals surface area contributed by atoms with Gasteiger partial charge in [0.2, 0.25) is 0 Å². The van der Waals surface area contributed by atoms with Crippen LogP contribution in [0.1, 0.15) is 15.6 Å². The second kappa shape index (κ2) is 2.51. The predicted molar refractivity (Wildman–Crippen MR) is 39.5 cm³/mol. The third-order valence-electron chi connectivity index (χ3n) is 1.64. The molecule has 0 spiro atoms. The Hall–Kier alpha value is -1.09. The molecule has 11 heavy (non-hydrogen) atoms. The maximum atomic E-state index is 9.32. The van der Waals surface area contributed by atoms with Crippen LogP contribution in [0, 0.1) is 0 Å². The minimum Gasteiger partial charge on any atom is -0.506 e. The number of aromatic nitrogens is 1. The number of aromatic hydroxyl groups is 1. The molecule has 1 aromatic heterocycles. The van der Waals surface area contributed by atoms with Crippen molar-refractivity contribution in [3.63, 3.8) is 0 Å². The van der Waals surface area contributed by atoms with Gasteiger partial charge in [0, 0.05) is 12.1 Å². The molecular weight excluding hydrogens is 142 g/mol. The molecule has 0 unspecified atom stereocenters. The molecule has 0 atom stereocenters. The minimum atomic E-state index is -0.456. The Kier molecular flexibility index (Phi) is 0.927. The van der Waals surface area contributed by atoms with Crippen LogP contribution in [0.4, 0.5) is 0 Å². The van der Waals surface area contributed by atoms with Crippen molar-refractivity contribution in [3.05, 3.63) is 24.0 Å². The third-order valence-corrected chi connectivity index (χ3v) is 1.64. The predicted octanol–water partition coefficient (Wildman–Crippen LogP) is 0.901. The summed E-state index contributed by atoms with van der Waals surface area (Å²) in [5.41, 5.74) is 0.379. The number of hydrogen-bond donors (Lipinski definition) is 1. The molecule has 1 N–H and O–H groups in total. The SMILES string of the molecule is [2H]c1nc([2H])c(C2COC2)c([2H])c1O. The summed E-state index contributed by atoms with van der Waals surface area (Å²) in [5.74, 6) is -0.489. The van der Waals surface area contributed by atoms with Crippen LogP contribution < -0.4 is 0 Å². The molecule has 0 radical (unpaired) electrons. The number of hydrogen-bond acceptors (Lipinski definition) is 3. The summed E-state index contributed by atoms with van der Waals surface area (Å²) in [5, 5.41) is 9.32. The van der Waals surface area contributed by atoms with E-state index in [2.05, 4.69) is 4.98 Å². The van der Waals surface area contributed by atoms with Gasteiger partial charge >= 0.3 is 0 Å². The van der Waals surface area contributed by atoms with Crippen LogP contribution in [0.15, 0.2) is 18.4 Å². The van der Waals surface area contributed by atoms with Crippen LogP contribution in [0.5, 0.6) is 5.75 Å². The van der Waals surface area contributed by atoms with E-state index in [0.29, 0.717) is 18.8 Å². The molecule has 0 bridgehead atoms. The molecule has 0 aliphatic carbocycles. The highest BCUT2D eigenvalue weighted by Crippen LogP contribution is 2.24. The highest BCUT2D eigenvalue weighted by Gasteiger charge is 2.20. The van der Waals surface area contributed by atoms with E-state index in [1.807, 2.05) is 0 Å². The zero-order valence-corrected chi connectivity index (χ0v) is 5.79. The van der Waals surface area contributed by atoms with Crippen molar-refractivity contribution in [1.82, 2.24) is 4.98 Å². The number of nitrogens with zero attached hydrogens (tertiary/aromatic N) is 1. The summed E-state index contributed by atoms with van der Waals surface area (Å²) in [7, 11) is 0. The van der Waals surface area contributed by atoms with Crippen molar-refractivity contribution < 1.29 is 14.0 Å².